The number of furan rings is 1. The van der Waals surface area contributed by atoms with Crippen molar-refractivity contribution in [2.24, 2.45) is 0 Å². The van der Waals surface area contributed by atoms with Gasteiger partial charge in [0.15, 0.2) is 0 Å². The fourth-order valence-corrected chi connectivity index (χ4v) is 3.87. The Morgan fingerprint density at radius 3 is 2.46 bits per heavy atom. The molecule has 0 aliphatic heterocycles. The highest BCUT2D eigenvalue weighted by molar-refractivity contribution is 7.89. The van der Waals surface area contributed by atoms with Crippen LogP contribution in [0.15, 0.2) is 52.0 Å². The molecule has 0 saturated heterocycles. The van der Waals surface area contributed by atoms with Crippen LogP contribution < -0.4 is 9.46 Å². The summed E-state index contributed by atoms with van der Waals surface area (Å²) in [5.41, 5.74) is 0. The molecule has 0 unspecified atom stereocenters. The fourth-order valence-electron chi connectivity index (χ4n) is 2.66. The maximum atomic E-state index is 12.6. The number of nitrogens with zero attached hydrogens (tertiary/aromatic N) is 1. The molecule has 1 heterocycles. The average Bonchev–Trinajstić information content (AvgIpc) is 3.12. The van der Waals surface area contributed by atoms with Gasteiger partial charge in [-0.15, -0.1) is 0 Å². The second-order valence-corrected chi connectivity index (χ2v) is 6.99. The predicted octanol–water partition coefficient (Wildman–Crippen LogP) is 2.65. The highest BCUT2D eigenvalue weighted by Gasteiger charge is 2.25. The lowest BCUT2D eigenvalue weighted by Crippen LogP contribution is -2.38. The Labute approximate surface area is 143 Å². The summed E-state index contributed by atoms with van der Waals surface area (Å²) in [5.74, 6) is 1.06. The van der Waals surface area contributed by atoms with Crippen LogP contribution in [0, 0.1) is 0 Å². The van der Waals surface area contributed by atoms with Crippen LogP contribution in [0.1, 0.15) is 25.6 Å². The molecule has 0 radical (unpaired) electrons. The normalized spacial score (nSPS) is 13.2. The zero-order valence-electron chi connectivity index (χ0n) is 14.2. The van der Waals surface area contributed by atoms with E-state index in [0.29, 0.717) is 5.75 Å². The Hall–Kier alpha value is -1.83. The Balaban J connectivity index is 2.22. The van der Waals surface area contributed by atoms with Crippen LogP contribution in [-0.2, 0) is 10.0 Å². The summed E-state index contributed by atoms with van der Waals surface area (Å²) in [6.07, 6.45) is 1.60. The molecule has 0 saturated carbocycles. The number of nitrogens with one attached hydrogen (secondary N) is 1. The van der Waals surface area contributed by atoms with E-state index in [4.69, 9.17) is 9.15 Å². The first-order valence-corrected chi connectivity index (χ1v) is 9.41. The molecule has 6 nitrogen and oxygen atoms in total. The molecule has 2 aromatic rings. The topological polar surface area (TPSA) is 71.8 Å². The van der Waals surface area contributed by atoms with Crippen molar-refractivity contribution in [1.29, 1.82) is 0 Å². The molecule has 2 rings (SSSR count). The van der Waals surface area contributed by atoms with E-state index in [9.17, 15) is 8.42 Å². The van der Waals surface area contributed by atoms with Gasteiger partial charge in [0, 0.05) is 6.54 Å². The van der Waals surface area contributed by atoms with E-state index in [1.165, 1.54) is 13.2 Å². The van der Waals surface area contributed by atoms with E-state index in [1.807, 2.05) is 19.9 Å². The minimum absolute atomic E-state index is 0.130. The van der Waals surface area contributed by atoms with Crippen LogP contribution in [0.3, 0.4) is 0 Å². The predicted molar refractivity (Wildman–Crippen MR) is 92.6 cm³/mol. The molecule has 0 bridgehead atoms. The maximum absolute atomic E-state index is 12.6. The van der Waals surface area contributed by atoms with Crippen LogP contribution in [0.2, 0.25) is 0 Å². The van der Waals surface area contributed by atoms with Crippen molar-refractivity contribution in [2.45, 2.75) is 24.8 Å². The summed E-state index contributed by atoms with van der Waals surface area (Å²) in [5, 5.41) is 0. The Kier molecular flexibility index (Phi) is 6.42. The van der Waals surface area contributed by atoms with Crippen molar-refractivity contribution in [1.82, 2.24) is 9.62 Å². The Morgan fingerprint density at radius 1 is 1.17 bits per heavy atom. The van der Waals surface area contributed by atoms with Crippen molar-refractivity contribution in [3.63, 3.8) is 0 Å². The molecule has 1 aromatic heterocycles. The van der Waals surface area contributed by atoms with E-state index in [2.05, 4.69) is 9.62 Å². The molecule has 0 aliphatic rings. The molecule has 1 aromatic carbocycles. The van der Waals surface area contributed by atoms with E-state index < -0.39 is 10.0 Å². The Bertz CT molecular complexity index is 725. The van der Waals surface area contributed by atoms with Crippen molar-refractivity contribution in [3.8, 4) is 5.75 Å². The van der Waals surface area contributed by atoms with Gasteiger partial charge in [-0.1, -0.05) is 26.0 Å². The summed E-state index contributed by atoms with van der Waals surface area (Å²) in [7, 11) is -2.23. The van der Waals surface area contributed by atoms with Gasteiger partial charge in [0.2, 0.25) is 10.0 Å². The summed E-state index contributed by atoms with van der Waals surface area (Å²) >= 11 is 0. The van der Waals surface area contributed by atoms with Crippen molar-refractivity contribution in [3.05, 3.63) is 48.4 Å². The molecule has 1 atom stereocenters. The van der Waals surface area contributed by atoms with Gasteiger partial charge in [0.05, 0.1) is 19.4 Å². The number of likely N-dealkylation sites (N-methyl/N-ethyl adjacent to an activating group) is 1. The van der Waals surface area contributed by atoms with Crippen molar-refractivity contribution in [2.75, 3.05) is 26.7 Å². The lowest BCUT2D eigenvalue weighted by Gasteiger charge is -2.28. The number of methoxy groups -OCH3 is 1. The molecule has 7 heteroatoms. The largest absolute Gasteiger partial charge is 0.495 e. The molecule has 0 amide bonds. The molecule has 24 heavy (non-hydrogen) atoms. The van der Waals surface area contributed by atoms with Crippen LogP contribution in [0.5, 0.6) is 5.75 Å². The SMILES string of the molecule is CCN(CC)[C@@H](CNS(=O)(=O)c1ccccc1OC)c1ccco1. The van der Waals surface area contributed by atoms with Gasteiger partial charge < -0.3 is 9.15 Å². The third-order valence-corrected chi connectivity index (χ3v) is 5.41. The smallest absolute Gasteiger partial charge is 0.244 e. The third kappa shape index (κ3) is 4.17. The highest BCUT2D eigenvalue weighted by Crippen LogP contribution is 2.24. The molecule has 1 N–H and O–H groups in total. The van der Waals surface area contributed by atoms with Gasteiger partial charge >= 0.3 is 0 Å². The molecule has 132 valence electrons. The average molecular weight is 352 g/mol. The quantitative estimate of drug-likeness (QED) is 0.751. The van der Waals surface area contributed by atoms with Crippen LogP contribution in [0.4, 0.5) is 0 Å². The summed E-state index contributed by atoms with van der Waals surface area (Å²) in [6, 6.07) is 10.1. The Morgan fingerprint density at radius 2 is 1.88 bits per heavy atom. The lowest BCUT2D eigenvalue weighted by molar-refractivity contribution is 0.194. The fraction of sp³-hybridized carbons (Fsp3) is 0.412. The standard InChI is InChI=1S/C17H24N2O4S/c1-4-19(5-2)14(15-10-8-12-23-15)13-18-24(20,21)17-11-7-6-9-16(17)22-3/h6-12,14,18H,4-5,13H2,1-3H3/t14-/m0/s1. The number of benzene rings is 1. The van der Waals surface area contributed by atoms with E-state index >= 15 is 0 Å². The van der Waals surface area contributed by atoms with Gasteiger partial charge in [-0.25, -0.2) is 13.1 Å². The van der Waals surface area contributed by atoms with Crippen LogP contribution in [-0.4, -0.2) is 40.1 Å². The van der Waals surface area contributed by atoms with Gasteiger partial charge in [-0.2, -0.15) is 0 Å². The van der Waals surface area contributed by atoms with E-state index in [-0.39, 0.29) is 17.5 Å². The molecule has 0 aliphatic carbocycles. The second-order valence-electron chi connectivity index (χ2n) is 5.26. The highest BCUT2D eigenvalue weighted by atomic mass is 32.2. The third-order valence-electron chi connectivity index (χ3n) is 3.95. The first-order valence-electron chi connectivity index (χ1n) is 7.93. The van der Waals surface area contributed by atoms with Gasteiger partial charge in [-0.3, -0.25) is 4.90 Å². The number of hydrogen-bond donors (Lipinski definition) is 1. The van der Waals surface area contributed by atoms with E-state index in [0.717, 1.165) is 18.8 Å². The number of sulfonamides is 1. The molecular formula is C17H24N2O4S. The minimum atomic E-state index is -3.68. The van der Waals surface area contributed by atoms with Crippen molar-refractivity contribution < 1.29 is 17.6 Å². The zero-order valence-corrected chi connectivity index (χ0v) is 15.0. The van der Waals surface area contributed by atoms with Gasteiger partial charge in [0.25, 0.3) is 0 Å². The molecule has 0 spiro atoms. The zero-order chi connectivity index (χ0) is 17.6. The molecule has 0 fully saturated rings. The van der Waals surface area contributed by atoms with Crippen LogP contribution in [0.25, 0.3) is 0 Å². The van der Waals surface area contributed by atoms with E-state index in [1.54, 1.807) is 30.5 Å². The van der Waals surface area contributed by atoms with Crippen LogP contribution >= 0.6 is 0 Å². The monoisotopic (exact) mass is 352 g/mol. The molecular weight excluding hydrogens is 328 g/mol. The summed E-state index contributed by atoms with van der Waals surface area (Å²) < 4.78 is 38.6. The van der Waals surface area contributed by atoms with Gasteiger partial charge in [-0.05, 0) is 37.4 Å². The first kappa shape index (κ1) is 18.5. The van der Waals surface area contributed by atoms with Gasteiger partial charge in [0.1, 0.15) is 16.4 Å². The minimum Gasteiger partial charge on any atom is -0.495 e. The maximum Gasteiger partial charge on any atom is 0.244 e. The number of ether oxygens (including phenoxy) is 1. The first-order chi connectivity index (χ1) is 11.5. The number of rotatable bonds is 9. The summed E-state index contributed by atoms with van der Waals surface area (Å²) in [6.45, 7) is 5.87. The lowest BCUT2D eigenvalue weighted by atomic mass is 10.2. The van der Waals surface area contributed by atoms with Crippen molar-refractivity contribution >= 4 is 10.0 Å². The number of para-hydroxylation sites is 1. The second kappa shape index (κ2) is 8.32. The number of hydrogen-bond acceptors (Lipinski definition) is 5. The summed E-state index contributed by atoms with van der Waals surface area (Å²) in [4.78, 5) is 2.27.